The first kappa shape index (κ1) is 15.0. The van der Waals surface area contributed by atoms with Gasteiger partial charge in [-0.3, -0.25) is 9.20 Å². The number of carbonyl (C=O) groups excluding carboxylic acids is 1. The number of carbonyl (C=O) groups is 1. The van der Waals surface area contributed by atoms with Crippen LogP contribution in [0, 0.1) is 0 Å². The monoisotopic (exact) mass is 341 g/mol. The summed E-state index contributed by atoms with van der Waals surface area (Å²) in [5.41, 5.74) is 1.45. The molecule has 1 saturated heterocycles. The van der Waals surface area contributed by atoms with Crippen molar-refractivity contribution in [3.05, 3.63) is 59.2 Å². The van der Waals surface area contributed by atoms with Crippen molar-refractivity contribution in [2.75, 3.05) is 31.1 Å². The van der Waals surface area contributed by atoms with Gasteiger partial charge in [0.1, 0.15) is 0 Å². The standard InChI is InChI=1S/C17H16ClN5O/c18-14-5-3-4-13(12-14)16(24)21-8-10-22(11-9-21)17-20-19-15-6-1-2-7-23(15)17/h1-7,12H,8-11H2. The summed E-state index contributed by atoms with van der Waals surface area (Å²) in [6, 6.07) is 12.9. The molecule has 1 fully saturated rings. The molecule has 1 aliphatic heterocycles. The number of rotatable bonds is 2. The highest BCUT2D eigenvalue weighted by molar-refractivity contribution is 6.30. The molecule has 0 saturated carbocycles. The molecule has 0 unspecified atom stereocenters. The molecule has 0 aliphatic carbocycles. The molecule has 0 N–H and O–H groups in total. The lowest BCUT2D eigenvalue weighted by atomic mass is 10.2. The summed E-state index contributed by atoms with van der Waals surface area (Å²) in [7, 11) is 0. The second kappa shape index (κ2) is 6.13. The second-order valence-electron chi connectivity index (χ2n) is 5.72. The lowest BCUT2D eigenvalue weighted by Crippen LogP contribution is -2.49. The van der Waals surface area contributed by atoms with Crippen molar-refractivity contribution < 1.29 is 4.79 Å². The molecule has 24 heavy (non-hydrogen) atoms. The van der Waals surface area contributed by atoms with Gasteiger partial charge in [-0.2, -0.15) is 0 Å². The van der Waals surface area contributed by atoms with Gasteiger partial charge in [0.25, 0.3) is 5.91 Å². The second-order valence-corrected chi connectivity index (χ2v) is 6.15. The van der Waals surface area contributed by atoms with Gasteiger partial charge >= 0.3 is 0 Å². The van der Waals surface area contributed by atoms with Crippen molar-refractivity contribution in [3.63, 3.8) is 0 Å². The third kappa shape index (κ3) is 2.69. The fraction of sp³-hybridized carbons (Fsp3) is 0.235. The SMILES string of the molecule is O=C(c1cccc(Cl)c1)N1CCN(c2nnc3ccccn23)CC1. The van der Waals surface area contributed by atoms with Crippen LogP contribution in [0.15, 0.2) is 48.7 Å². The van der Waals surface area contributed by atoms with Gasteiger partial charge in [-0.05, 0) is 30.3 Å². The number of aromatic nitrogens is 3. The number of hydrogen-bond acceptors (Lipinski definition) is 4. The Hall–Kier alpha value is -2.60. The average Bonchev–Trinajstić information content (AvgIpc) is 3.05. The Morgan fingerprint density at radius 2 is 1.83 bits per heavy atom. The van der Waals surface area contributed by atoms with Crippen LogP contribution in [0.4, 0.5) is 5.95 Å². The lowest BCUT2D eigenvalue weighted by molar-refractivity contribution is 0.0746. The molecule has 3 aromatic rings. The number of benzene rings is 1. The van der Waals surface area contributed by atoms with Crippen LogP contribution in [-0.2, 0) is 0 Å². The maximum Gasteiger partial charge on any atom is 0.254 e. The summed E-state index contributed by atoms with van der Waals surface area (Å²) in [5.74, 6) is 0.837. The van der Waals surface area contributed by atoms with Crippen LogP contribution < -0.4 is 4.90 Å². The summed E-state index contributed by atoms with van der Waals surface area (Å²) in [5, 5.41) is 9.04. The number of pyridine rings is 1. The van der Waals surface area contributed by atoms with Crippen molar-refractivity contribution in [1.82, 2.24) is 19.5 Å². The predicted octanol–water partition coefficient (Wildman–Crippen LogP) is 2.35. The largest absolute Gasteiger partial charge is 0.337 e. The normalized spacial score (nSPS) is 15.0. The molecule has 2 aromatic heterocycles. The number of piperazine rings is 1. The molecule has 7 heteroatoms. The fourth-order valence-corrected chi connectivity index (χ4v) is 3.15. The maximum absolute atomic E-state index is 12.6. The Morgan fingerprint density at radius 3 is 2.62 bits per heavy atom. The Labute approximate surface area is 144 Å². The van der Waals surface area contributed by atoms with Gasteiger partial charge in [0.15, 0.2) is 5.65 Å². The molecule has 122 valence electrons. The van der Waals surface area contributed by atoms with Gasteiger partial charge in [0.05, 0.1) is 0 Å². The Bertz CT molecular complexity index is 885. The molecule has 0 bridgehead atoms. The molecular formula is C17H16ClN5O. The quantitative estimate of drug-likeness (QED) is 0.718. The summed E-state index contributed by atoms with van der Waals surface area (Å²) >= 11 is 5.98. The summed E-state index contributed by atoms with van der Waals surface area (Å²) in [6.45, 7) is 2.74. The Balaban J connectivity index is 1.48. The number of nitrogens with zero attached hydrogens (tertiary/aromatic N) is 5. The molecule has 1 amide bonds. The third-order valence-electron chi connectivity index (χ3n) is 4.22. The van der Waals surface area contributed by atoms with Crippen LogP contribution >= 0.6 is 11.6 Å². The van der Waals surface area contributed by atoms with Crippen LogP contribution in [0.1, 0.15) is 10.4 Å². The zero-order chi connectivity index (χ0) is 16.5. The van der Waals surface area contributed by atoms with Crippen LogP contribution in [-0.4, -0.2) is 51.6 Å². The molecular weight excluding hydrogens is 326 g/mol. The lowest BCUT2D eigenvalue weighted by Gasteiger charge is -2.34. The van der Waals surface area contributed by atoms with E-state index in [1.807, 2.05) is 33.7 Å². The van der Waals surface area contributed by atoms with E-state index in [9.17, 15) is 4.79 Å². The molecule has 0 radical (unpaired) electrons. The van der Waals surface area contributed by atoms with Crippen molar-refractivity contribution in [2.45, 2.75) is 0 Å². The average molecular weight is 342 g/mol. The van der Waals surface area contributed by atoms with Crippen molar-refractivity contribution in [1.29, 1.82) is 0 Å². The number of anilines is 1. The highest BCUT2D eigenvalue weighted by Gasteiger charge is 2.24. The van der Waals surface area contributed by atoms with Gasteiger partial charge in [0, 0.05) is 43.0 Å². The smallest absolute Gasteiger partial charge is 0.254 e. The third-order valence-corrected chi connectivity index (χ3v) is 4.45. The zero-order valence-corrected chi connectivity index (χ0v) is 13.7. The molecule has 4 rings (SSSR count). The molecule has 3 heterocycles. The van der Waals surface area contributed by atoms with Crippen LogP contribution in [0.25, 0.3) is 5.65 Å². The minimum absolute atomic E-state index is 0.0169. The van der Waals surface area contributed by atoms with Crippen LogP contribution in [0.3, 0.4) is 0 Å². The van der Waals surface area contributed by atoms with E-state index in [1.165, 1.54) is 0 Å². The van der Waals surface area contributed by atoms with Crippen LogP contribution in [0.5, 0.6) is 0 Å². The van der Waals surface area contributed by atoms with E-state index in [-0.39, 0.29) is 5.91 Å². The van der Waals surface area contributed by atoms with Gasteiger partial charge < -0.3 is 9.80 Å². The summed E-state index contributed by atoms with van der Waals surface area (Å²) in [6.07, 6.45) is 1.95. The van der Waals surface area contributed by atoms with Crippen molar-refractivity contribution >= 4 is 29.1 Å². The molecule has 0 spiro atoms. The van der Waals surface area contributed by atoms with E-state index < -0.39 is 0 Å². The molecule has 6 nitrogen and oxygen atoms in total. The topological polar surface area (TPSA) is 53.7 Å². The van der Waals surface area contributed by atoms with E-state index in [0.717, 1.165) is 24.7 Å². The van der Waals surface area contributed by atoms with E-state index in [2.05, 4.69) is 15.1 Å². The number of amides is 1. The molecule has 1 aliphatic rings. The molecule has 1 aromatic carbocycles. The Morgan fingerprint density at radius 1 is 1.00 bits per heavy atom. The van der Waals surface area contributed by atoms with E-state index >= 15 is 0 Å². The van der Waals surface area contributed by atoms with Gasteiger partial charge in [0.2, 0.25) is 5.95 Å². The fourth-order valence-electron chi connectivity index (χ4n) is 2.96. The highest BCUT2D eigenvalue weighted by atomic mass is 35.5. The zero-order valence-electron chi connectivity index (χ0n) is 13.0. The van der Waals surface area contributed by atoms with Crippen molar-refractivity contribution in [2.24, 2.45) is 0 Å². The van der Waals surface area contributed by atoms with Gasteiger partial charge in [-0.1, -0.05) is 23.7 Å². The number of fused-ring (bicyclic) bond motifs is 1. The number of hydrogen-bond donors (Lipinski definition) is 0. The van der Waals surface area contributed by atoms with Crippen molar-refractivity contribution in [3.8, 4) is 0 Å². The number of halogens is 1. The van der Waals surface area contributed by atoms with E-state index in [0.29, 0.717) is 23.7 Å². The van der Waals surface area contributed by atoms with E-state index in [1.54, 1.807) is 24.3 Å². The van der Waals surface area contributed by atoms with E-state index in [4.69, 9.17) is 11.6 Å². The summed E-state index contributed by atoms with van der Waals surface area (Å²) < 4.78 is 1.97. The minimum Gasteiger partial charge on any atom is -0.337 e. The first-order chi connectivity index (χ1) is 11.7. The Kier molecular flexibility index (Phi) is 3.82. The maximum atomic E-state index is 12.6. The van der Waals surface area contributed by atoms with Crippen LogP contribution in [0.2, 0.25) is 5.02 Å². The molecule has 0 atom stereocenters. The van der Waals surface area contributed by atoms with Gasteiger partial charge in [-0.15, -0.1) is 10.2 Å². The first-order valence-corrected chi connectivity index (χ1v) is 8.20. The summed E-state index contributed by atoms with van der Waals surface area (Å²) in [4.78, 5) is 16.6. The predicted molar refractivity (Wildman–Crippen MR) is 92.6 cm³/mol. The minimum atomic E-state index is 0.0169. The van der Waals surface area contributed by atoms with Gasteiger partial charge in [-0.25, -0.2) is 0 Å². The first-order valence-electron chi connectivity index (χ1n) is 7.82. The highest BCUT2D eigenvalue weighted by Crippen LogP contribution is 2.18.